The van der Waals surface area contributed by atoms with Gasteiger partial charge in [-0.05, 0) is 18.6 Å². The molecule has 0 saturated carbocycles. The summed E-state index contributed by atoms with van der Waals surface area (Å²) < 4.78 is 25.2. The van der Waals surface area contributed by atoms with E-state index in [0.717, 1.165) is 24.3 Å². The molecule has 2 N–H and O–H groups in total. The van der Waals surface area contributed by atoms with E-state index in [1.807, 2.05) is 0 Å². The van der Waals surface area contributed by atoms with Crippen LogP contribution >= 0.6 is 11.8 Å². The minimum atomic E-state index is -2.97. The Balaban J connectivity index is 2.17. The maximum atomic E-state index is 12.6. The van der Waals surface area contributed by atoms with E-state index in [4.69, 9.17) is 5.11 Å². The van der Waals surface area contributed by atoms with E-state index < -0.39 is 19.1 Å². The fourth-order valence-electron chi connectivity index (χ4n) is 1.25. The van der Waals surface area contributed by atoms with Crippen molar-refractivity contribution in [2.24, 2.45) is 0 Å². The van der Waals surface area contributed by atoms with Crippen LogP contribution in [0.3, 0.4) is 0 Å². The summed E-state index contributed by atoms with van der Waals surface area (Å²) in [5.41, 5.74) is 0. The van der Waals surface area contributed by atoms with Gasteiger partial charge in [-0.2, -0.15) is 11.8 Å². The molecule has 1 heterocycles. The summed E-state index contributed by atoms with van der Waals surface area (Å²) in [7, 11) is 0. The zero-order chi connectivity index (χ0) is 9.73. The minimum absolute atomic E-state index is 0.191. The van der Waals surface area contributed by atoms with Crippen LogP contribution < -0.4 is 5.32 Å². The molecule has 5 heteroatoms. The van der Waals surface area contributed by atoms with E-state index in [0.29, 0.717) is 0 Å². The first kappa shape index (κ1) is 11.2. The molecule has 0 radical (unpaired) electrons. The van der Waals surface area contributed by atoms with Crippen LogP contribution in [0, 0.1) is 0 Å². The fraction of sp³-hybridized carbons (Fsp3) is 1.00. The monoisotopic (exact) mass is 211 g/mol. The van der Waals surface area contributed by atoms with Gasteiger partial charge in [-0.15, -0.1) is 0 Å². The van der Waals surface area contributed by atoms with Crippen LogP contribution in [-0.4, -0.2) is 41.7 Å². The molecule has 0 spiro atoms. The predicted molar refractivity (Wildman–Crippen MR) is 50.4 cm³/mol. The second kappa shape index (κ2) is 5.12. The van der Waals surface area contributed by atoms with Crippen molar-refractivity contribution >= 4 is 11.8 Å². The number of aliphatic hydroxyl groups excluding tert-OH is 1. The number of halogens is 2. The summed E-state index contributed by atoms with van der Waals surface area (Å²) in [6.45, 7) is -1.48. The smallest absolute Gasteiger partial charge is 0.282 e. The molecule has 13 heavy (non-hydrogen) atoms. The second-order valence-electron chi connectivity index (χ2n) is 3.31. The van der Waals surface area contributed by atoms with Gasteiger partial charge in [-0.3, -0.25) is 0 Å². The Hall–Kier alpha value is 0.130. The van der Waals surface area contributed by atoms with Gasteiger partial charge >= 0.3 is 0 Å². The molecule has 0 bridgehead atoms. The molecule has 1 rings (SSSR count). The SMILES string of the molecule is OCC(F)(F)CNC1CCCSC1. The van der Waals surface area contributed by atoms with Gasteiger partial charge in [0.15, 0.2) is 0 Å². The van der Waals surface area contributed by atoms with E-state index >= 15 is 0 Å². The molecule has 0 aliphatic carbocycles. The van der Waals surface area contributed by atoms with Crippen molar-refractivity contribution in [1.29, 1.82) is 0 Å². The van der Waals surface area contributed by atoms with Crippen molar-refractivity contribution in [2.75, 3.05) is 24.7 Å². The zero-order valence-electron chi connectivity index (χ0n) is 7.43. The minimum Gasteiger partial charge on any atom is -0.390 e. The first-order valence-corrected chi connectivity index (χ1v) is 5.59. The molecule has 2 nitrogen and oxygen atoms in total. The van der Waals surface area contributed by atoms with Gasteiger partial charge in [0.05, 0.1) is 6.54 Å². The average molecular weight is 211 g/mol. The Bertz CT molecular complexity index is 151. The molecule has 0 aromatic heterocycles. The third-order valence-corrected chi connectivity index (χ3v) is 3.26. The van der Waals surface area contributed by atoms with Gasteiger partial charge < -0.3 is 10.4 Å². The molecule has 1 aliphatic heterocycles. The number of hydrogen-bond donors (Lipinski definition) is 2. The van der Waals surface area contributed by atoms with Crippen LogP contribution in [0.25, 0.3) is 0 Å². The van der Waals surface area contributed by atoms with Crippen molar-refractivity contribution in [2.45, 2.75) is 24.8 Å². The Labute approximate surface area is 81.1 Å². The molecule has 78 valence electrons. The Morgan fingerprint density at radius 3 is 2.85 bits per heavy atom. The number of nitrogens with one attached hydrogen (secondary N) is 1. The third-order valence-electron chi connectivity index (χ3n) is 2.04. The average Bonchev–Trinajstić information content (AvgIpc) is 2.17. The zero-order valence-corrected chi connectivity index (χ0v) is 8.25. The van der Waals surface area contributed by atoms with Crippen LogP contribution in [0.1, 0.15) is 12.8 Å². The van der Waals surface area contributed by atoms with E-state index in [2.05, 4.69) is 5.32 Å². The molecule has 0 aromatic carbocycles. The Morgan fingerprint density at radius 2 is 2.31 bits per heavy atom. The molecular formula is C8H15F2NOS. The fourth-order valence-corrected chi connectivity index (χ4v) is 2.36. The maximum Gasteiger partial charge on any atom is 0.282 e. The van der Waals surface area contributed by atoms with Gasteiger partial charge in [0.1, 0.15) is 6.61 Å². The van der Waals surface area contributed by atoms with Crippen molar-refractivity contribution in [3.05, 3.63) is 0 Å². The number of alkyl halides is 2. The van der Waals surface area contributed by atoms with Crippen LogP contribution in [0.2, 0.25) is 0 Å². The molecule has 1 aliphatic rings. The molecule has 1 saturated heterocycles. The van der Waals surface area contributed by atoms with Crippen molar-refractivity contribution in [3.8, 4) is 0 Å². The van der Waals surface area contributed by atoms with Gasteiger partial charge in [-0.1, -0.05) is 0 Å². The predicted octanol–water partition coefficient (Wildman–Crippen LogP) is 1.10. The van der Waals surface area contributed by atoms with Crippen molar-refractivity contribution < 1.29 is 13.9 Å². The number of aliphatic hydroxyl groups is 1. The van der Waals surface area contributed by atoms with Crippen molar-refractivity contribution in [1.82, 2.24) is 5.32 Å². The molecule has 1 unspecified atom stereocenters. The van der Waals surface area contributed by atoms with Gasteiger partial charge in [0.25, 0.3) is 5.92 Å². The van der Waals surface area contributed by atoms with E-state index in [9.17, 15) is 8.78 Å². The summed E-state index contributed by atoms with van der Waals surface area (Å²) in [5.74, 6) is -0.932. The summed E-state index contributed by atoms with van der Waals surface area (Å²) in [6, 6.07) is 0.191. The van der Waals surface area contributed by atoms with Crippen LogP contribution in [0.15, 0.2) is 0 Å². The lowest BCUT2D eigenvalue weighted by Crippen LogP contribution is -2.43. The highest BCUT2D eigenvalue weighted by Gasteiger charge is 2.28. The van der Waals surface area contributed by atoms with Crippen LogP contribution in [-0.2, 0) is 0 Å². The standard InChI is InChI=1S/C8H15F2NOS/c9-8(10,6-12)5-11-7-2-1-3-13-4-7/h7,11-12H,1-6H2. The van der Waals surface area contributed by atoms with Gasteiger partial charge in [-0.25, -0.2) is 8.78 Å². The summed E-state index contributed by atoms with van der Waals surface area (Å²) in [6.07, 6.45) is 2.06. The number of hydrogen-bond acceptors (Lipinski definition) is 3. The first-order valence-electron chi connectivity index (χ1n) is 4.44. The molecule has 0 amide bonds. The first-order chi connectivity index (χ1) is 6.14. The normalized spacial score (nSPS) is 24.7. The number of rotatable bonds is 4. The third kappa shape index (κ3) is 4.24. The van der Waals surface area contributed by atoms with E-state index in [1.54, 1.807) is 11.8 Å². The highest BCUT2D eigenvalue weighted by atomic mass is 32.2. The van der Waals surface area contributed by atoms with Crippen LogP contribution in [0.4, 0.5) is 8.78 Å². The molecular weight excluding hydrogens is 196 g/mol. The largest absolute Gasteiger partial charge is 0.390 e. The molecule has 1 atom stereocenters. The lowest BCUT2D eigenvalue weighted by atomic mass is 10.2. The number of thioether (sulfide) groups is 1. The lowest BCUT2D eigenvalue weighted by Gasteiger charge is -2.24. The molecule has 0 aromatic rings. The highest BCUT2D eigenvalue weighted by molar-refractivity contribution is 7.99. The lowest BCUT2D eigenvalue weighted by molar-refractivity contribution is -0.0490. The molecule has 1 fully saturated rings. The van der Waals surface area contributed by atoms with E-state index in [-0.39, 0.29) is 6.04 Å². The summed E-state index contributed by atoms with van der Waals surface area (Å²) in [5, 5.41) is 11.1. The Kier molecular flexibility index (Phi) is 4.41. The van der Waals surface area contributed by atoms with Gasteiger partial charge in [0, 0.05) is 11.8 Å². The summed E-state index contributed by atoms with van der Waals surface area (Å²) >= 11 is 1.79. The van der Waals surface area contributed by atoms with Crippen molar-refractivity contribution in [3.63, 3.8) is 0 Å². The summed E-state index contributed by atoms with van der Waals surface area (Å²) in [4.78, 5) is 0. The second-order valence-corrected chi connectivity index (χ2v) is 4.46. The van der Waals surface area contributed by atoms with Gasteiger partial charge in [0.2, 0.25) is 0 Å². The highest BCUT2D eigenvalue weighted by Crippen LogP contribution is 2.18. The van der Waals surface area contributed by atoms with E-state index in [1.165, 1.54) is 0 Å². The Morgan fingerprint density at radius 1 is 1.54 bits per heavy atom. The quantitative estimate of drug-likeness (QED) is 0.730. The maximum absolute atomic E-state index is 12.6. The van der Waals surface area contributed by atoms with Crippen LogP contribution in [0.5, 0.6) is 0 Å². The topological polar surface area (TPSA) is 32.3 Å².